The molecule has 4 heteroatoms. The van der Waals surface area contributed by atoms with Gasteiger partial charge < -0.3 is 5.73 Å². The van der Waals surface area contributed by atoms with Crippen molar-refractivity contribution in [2.75, 3.05) is 13.6 Å². The van der Waals surface area contributed by atoms with Crippen LogP contribution in [0.1, 0.15) is 30.9 Å². The van der Waals surface area contributed by atoms with Gasteiger partial charge in [-0.2, -0.15) is 5.10 Å². The highest BCUT2D eigenvalue weighted by Gasteiger charge is 2.28. The second kappa shape index (κ2) is 5.77. The maximum atomic E-state index is 5.99. The maximum Gasteiger partial charge on any atom is 0.0645 e. The predicted molar refractivity (Wildman–Crippen MR) is 80.8 cm³/mol. The molecule has 1 aliphatic rings. The largest absolute Gasteiger partial charge is 0.329 e. The van der Waals surface area contributed by atoms with E-state index in [9.17, 15) is 0 Å². The molecule has 2 aromatic rings. The minimum atomic E-state index is 0.262. The highest BCUT2D eigenvalue weighted by Crippen LogP contribution is 2.30. The van der Waals surface area contributed by atoms with E-state index in [1.54, 1.807) is 0 Å². The lowest BCUT2D eigenvalue weighted by Gasteiger charge is -2.39. The van der Waals surface area contributed by atoms with E-state index in [4.69, 9.17) is 5.73 Å². The Labute approximate surface area is 120 Å². The summed E-state index contributed by atoms with van der Waals surface area (Å²) in [5, 5.41) is 4.48. The molecule has 1 atom stereocenters. The predicted octanol–water partition coefficient (Wildman–Crippen LogP) is 2.36. The lowest BCUT2D eigenvalue weighted by atomic mass is 9.90. The van der Waals surface area contributed by atoms with Crippen molar-refractivity contribution in [3.63, 3.8) is 0 Å². The van der Waals surface area contributed by atoms with Gasteiger partial charge in [0.15, 0.2) is 0 Å². The van der Waals surface area contributed by atoms with Crippen molar-refractivity contribution in [3.8, 4) is 5.69 Å². The van der Waals surface area contributed by atoms with E-state index in [1.807, 2.05) is 29.1 Å². The first kappa shape index (κ1) is 13.3. The van der Waals surface area contributed by atoms with Gasteiger partial charge in [0, 0.05) is 24.3 Å². The fourth-order valence-electron chi connectivity index (χ4n) is 2.82. The zero-order chi connectivity index (χ0) is 13.9. The maximum absolute atomic E-state index is 5.99. The number of benzene rings is 1. The summed E-state index contributed by atoms with van der Waals surface area (Å²) in [6.07, 6.45) is 7.97. The van der Waals surface area contributed by atoms with Gasteiger partial charge in [0.05, 0.1) is 17.9 Å². The lowest BCUT2D eigenvalue weighted by molar-refractivity contribution is 0.113. The molecule has 106 valence electrons. The molecule has 1 heterocycles. The zero-order valence-electron chi connectivity index (χ0n) is 11.9. The standard InChI is InChI=1S/C16H22N4/c1-19(14-8-5-9-14)16(10-17)13-11-18-20(12-13)15-6-3-2-4-7-15/h2-4,6-7,11-12,14,16H,5,8-10,17H2,1H3. The van der Waals surface area contributed by atoms with Crippen LogP contribution in [0.5, 0.6) is 0 Å². The van der Waals surface area contributed by atoms with Gasteiger partial charge in [-0.1, -0.05) is 24.6 Å². The third-order valence-electron chi connectivity index (χ3n) is 4.37. The number of nitrogens with two attached hydrogens (primary N) is 1. The molecule has 3 rings (SSSR count). The second-order valence-electron chi connectivity index (χ2n) is 5.56. The molecule has 0 bridgehead atoms. The Morgan fingerprint density at radius 1 is 1.35 bits per heavy atom. The van der Waals surface area contributed by atoms with Gasteiger partial charge in [-0.05, 0) is 32.0 Å². The average Bonchev–Trinajstić information content (AvgIpc) is 2.88. The monoisotopic (exact) mass is 270 g/mol. The Morgan fingerprint density at radius 2 is 2.10 bits per heavy atom. The van der Waals surface area contributed by atoms with Crippen molar-refractivity contribution < 1.29 is 0 Å². The summed E-state index contributed by atoms with van der Waals surface area (Å²) in [7, 11) is 2.18. The van der Waals surface area contributed by atoms with Crippen molar-refractivity contribution in [3.05, 3.63) is 48.3 Å². The molecule has 0 saturated heterocycles. The first-order valence-electron chi connectivity index (χ1n) is 7.31. The highest BCUT2D eigenvalue weighted by atomic mass is 15.3. The molecule has 1 fully saturated rings. The van der Waals surface area contributed by atoms with Gasteiger partial charge in [-0.25, -0.2) is 4.68 Å². The van der Waals surface area contributed by atoms with Crippen molar-refractivity contribution in [2.45, 2.75) is 31.3 Å². The fraction of sp³-hybridized carbons (Fsp3) is 0.438. The van der Waals surface area contributed by atoms with E-state index in [0.29, 0.717) is 12.6 Å². The third kappa shape index (κ3) is 2.49. The van der Waals surface area contributed by atoms with Crippen LogP contribution in [0.25, 0.3) is 5.69 Å². The molecule has 1 aromatic carbocycles. The molecular weight excluding hydrogens is 248 g/mol. The van der Waals surface area contributed by atoms with Crippen LogP contribution in [0, 0.1) is 0 Å². The second-order valence-corrected chi connectivity index (χ2v) is 5.56. The van der Waals surface area contributed by atoms with Crippen LogP contribution in [0.2, 0.25) is 0 Å². The van der Waals surface area contributed by atoms with Crippen LogP contribution in [-0.2, 0) is 0 Å². The highest BCUT2D eigenvalue weighted by molar-refractivity contribution is 5.31. The minimum absolute atomic E-state index is 0.262. The molecule has 4 nitrogen and oxygen atoms in total. The number of nitrogens with zero attached hydrogens (tertiary/aromatic N) is 3. The number of hydrogen-bond acceptors (Lipinski definition) is 3. The Hall–Kier alpha value is -1.65. The normalized spacial score (nSPS) is 17.1. The molecule has 0 amide bonds. The first-order valence-corrected chi connectivity index (χ1v) is 7.31. The molecule has 1 aromatic heterocycles. The summed E-state index contributed by atoms with van der Waals surface area (Å²) in [6, 6.07) is 11.1. The van der Waals surface area contributed by atoms with Crippen LogP contribution in [-0.4, -0.2) is 34.3 Å². The molecule has 0 radical (unpaired) electrons. The van der Waals surface area contributed by atoms with Gasteiger partial charge in [-0.15, -0.1) is 0 Å². The Balaban J connectivity index is 1.80. The molecule has 0 spiro atoms. The SMILES string of the molecule is CN(C1CCC1)C(CN)c1cnn(-c2ccccc2)c1. The molecule has 1 saturated carbocycles. The quantitative estimate of drug-likeness (QED) is 0.907. The van der Waals surface area contributed by atoms with Crippen molar-refractivity contribution in [1.29, 1.82) is 0 Å². The zero-order valence-corrected chi connectivity index (χ0v) is 11.9. The Kier molecular flexibility index (Phi) is 3.85. The van der Waals surface area contributed by atoms with E-state index < -0.39 is 0 Å². The fourth-order valence-corrected chi connectivity index (χ4v) is 2.82. The van der Waals surface area contributed by atoms with Gasteiger partial charge in [0.2, 0.25) is 0 Å². The van der Waals surface area contributed by atoms with Crippen LogP contribution < -0.4 is 5.73 Å². The number of rotatable bonds is 5. The van der Waals surface area contributed by atoms with E-state index in [1.165, 1.54) is 24.8 Å². The summed E-state index contributed by atoms with van der Waals surface area (Å²) in [5.74, 6) is 0. The van der Waals surface area contributed by atoms with E-state index in [-0.39, 0.29) is 6.04 Å². The number of aromatic nitrogens is 2. The Morgan fingerprint density at radius 3 is 2.70 bits per heavy atom. The summed E-state index contributed by atoms with van der Waals surface area (Å²) < 4.78 is 1.92. The lowest BCUT2D eigenvalue weighted by Crippen LogP contribution is -2.42. The summed E-state index contributed by atoms with van der Waals surface area (Å²) >= 11 is 0. The third-order valence-corrected chi connectivity index (χ3v) is 4.37. The number of para-hydroxylation sites is 1. The van der Waals surface area contributed by atoms with Gasteiger partial charge in [-0.3, -0.25) is 4.90 Å². The topological polar surface area (TPSA) is 47.1 Å². The van der Waals surface area contributed by atoms with Crippen molar-refractivity contribution >= 4 is 0 Å². The minimum Gasteiger partial charge on any atom is -0.329 e. The molecule has 1 aliphatic carbocycles. The van der Waals surface area contributed by atoms with E-state index in [0.717, 1.165) is 5.69 Å². The summed E-state index contributed by atoms with van der Waals surface area (Å²) in [6.45, 7) is 0.632. The van der Waals surface area contributed by atoms with Crippen LogP contribution in [0.3, 0.4) is 0 Å². The smallest absolute Gasteiger partial charge is 0.0645 e. The molecule has 20 heavy (non-hydrogen) atoms. The molecular formula is C16H22N4. The van der Waals surface area contributed by atoms with Crippen molar-refractivity contribution in [2.24, 2.45) is 5.73 Å². The summed E-state index contributed by atoms with van der Waals surface area (Å²) in [4.78, 5) is 2.41. The Bertz CT molecular complexity index is 545. The summed E-state index contributed by atoms with van der Waals surface area (Å²) in [5.41, 5.74) is 8.28. The molecule has 2 N–H and O–H groups in total. The number of hydrogen-bond donors (Lipinski definition) is 1. The van der Waals surface area contributed by atoms with Crippen LogP contribution in [0.15, 0.2) is 42.7 Å². The van der Waals surface area contributed by atoms with Crippen LogP contribution in [0.4, 0.5) is 0 Å². The van der Waals surface area contributed by atoms with E-state index >= 15 is 0 Å². The van der Waals surface area contributed by atoms with Crippen molar-refractivity contribution in [1.82, 2.24) is 14.7 Å². The first-order chi connectivity index (χ1) is 9.79. The average molecular weight is 270 g/mol. The van der Waals surface area contributed by atoms with Gasteiger partial charge in [0.1, 0.15) is 0 Å². The number of likely N-dealkylation sites (N-methyl/N-ethyl adjacent to an activating group) is 1. The van der Waals surface area contributed by atoms with Gasteiger partial charge in [0.25, 0.3) is 0 Å². The molecule has 1 unspecified atom stereocenters. The van der Waals surface area contributed by atoms with Gasteiger partial charge >= 0.3 is 0 Å². The molecule has 0 aliphatic heterocycles. The van der Waals surface area contributed by atoms with E-state index in [2.05, 4.69) is 35.4 Å². The van der Waals surface area contributed by atoms with Crippen LogP contribution >= 0.6 is 0 Å².